The van der Waals surface area contributed by atoms with Crippen LogP contribution in [0.5, 0.6) is 0 Å². The van der Waals surface area contributed by atoms with E-state index in [9.17, 15) is 36.4 Å². The first-order valence-electron chi connectivity index (χ1n) is 17.1. The van der Waals surface area contributed by atoms with Crippen LogP contribution in [0.3, 0.4) is 0 Å². The van der Waals surface area contributed by atoms with Crippen LogP contribution in [0.1, 0.15) is 72.5 Å². The van der Waals surface area contributed by atoms with Crippen molar-refractivity contribution in [3.05, 3.63) is 100 Å². The molecule has 3 rings (SSSR count). The smallest absolute Gasteiger partial charge is 0.327 e. The summed E-state index contributed by atoms with van der Waals surface area (Å²) in [5.74, 6) is -2.49. The number of anilines is 1. The highest BCUT2D eigenvalue weighted by Crippen LogP contribution is 2.26. The average Bonchev–Trinajstić information content (AvgIpc) is 3.08. The van der Waals surface area contributed by atoms with Gasteiger partial charge in [0.05, 0.1) is 24.0 Å². The van der Waals surface area contributed by atoms with E-state index >= 15 is 0 Å². The van der Waals surface area contributed by atoms with E-state index in [1.165, 1.54) is 6.07 Å². The van der Waals surface area contributed by atoms with Crippen LogP contribution >= 0.6 is 11.6 Å². The van der Waals surface area contributed by atoms with Gasteiger partial charge in [0.1, 0.15) is 6.04 Å². The van der Waals surface area contributed by atoms with Gasteiger partial charge in [0.25, 0.3) is 11.8 Å². The van der Waals surface area contributed by atoms with Gasteiger partial charge in [0.2, 0.25) is 21.8 Å². The fourth-order valence-electron chi connectivity index (χ4n) is 5.44. The molecule has 0 aliphatic heterocycles. The van der Waals surface area contributed by atoms with Gasteiger partial charge in [0.15, 0.2) is 0 Å². The maximum atomic E-state index is 14.2. The van der Waals surface area contributed by atoms with Crippen molar-refractivity contribution in [2.24, 2.45) is 5.92 Å². The fraction of sp³-hybridized carbons (Fsp3) is 0.405. The van der Waals surface area contributed by atoms with Crippen molar-refractivity contribution in [1.29, 1.82) is 0 Å². The minimum Gasteiger partial charge on any atom is -0.355 e. The Morgan fingerprint density at radius 2 is 1.43 bits per heavy atom. The van der Waals surface area contributed by atoms with Crippen LogP contribution in [-0.2, 0) is 26.0 Å². The molecule has 16 heteroatoms. The predicted octanol–water partition coefficient (Wildman–Crippen LogP) is 4.42. The lowest BCUT2D eigenvalue weighted by Gasteiger charge is -2.26. The Kier molecular flexibility index (Phi) is 15.7. The summed E-state index contributed by atoms with van der Waals surface area (Å²) in [5, 5.41) is 14.6. The number of nitrogens with one attached hydrogen (secondary N) is 5. The molecule has 4 amide bonds. The fourth-order valence-corrected chi connectivity index (χ4v) is 6.42. The maximum absolute atomic E-state index is 14.2. The number of benzene rings is 3. The molecule has 3 aromatic carbocycles. The third-order valence-electron chi connectivity index (χ3n) is 8.25. The molecule has 0 saturated heterocycles. The van der Waals surface area contributed by atoms with E-state index in [-0.39, 0.29) is 40.2 Å². The lowest BCUT2D eigenvalue weighted by Crippen LogP contribution is -2.55. The number of sulfonamides is 1. The van der Waals surface area contributed by atoms with E-state index in [0.29, 0.717) is 23.4 Å². The van der Waals surface area contributed by atoms with Crippen molar-refractivity contribution >= 4 is 50.9 Å². The van der Waals surface area contributed by atoms with E-state index < -0.39 is 64.1 Å². The summed E-state index contributed by atoms with van der Waals surface area (Å²) in [6, 6.07) is 16.1. The van der Waals surface area contributed by atoms with Crippen molar-refractivity contribution in [3.63, 3.8) is 0 Å². The molecule has 3 aromatic rings. The molecule has 0 aliphatic rings. The Labute approximate surface area is 314 Å². The zero-order valence-corrected chi connectivity index (χ0v) is 32.0. The lowest BCUT2D eigenvalue weighted by atomic mass is 10.0. The van der Waals surface area contributed by atoms with Crippen LogP contribution in [0.2, 0.25) is 5.02 Å². The second-order valence-electron chi connectivity index (χ2n) is 13.0. The summed E-state index contributed by atoms with van der Waals surface area (Å²) >= 11 is 6.10. The van der Waals surface area contributed by atoms with Crippen molar-refractivity contribution in [1.82, 2.24) is 26.6 Å². The van der Waals surface area contributed by atoms with Gasteiger partial charge in [-0.1, -0.05) is 67.9 Å². The number of alkyl halides is 2. The standard InChI is InChI=1S/C37H47ClF2N6O6S/c1-7-41-36(50)32(22(2)3)45-33(47)24(5)42-21-30(16-25-12-9-8-10-13-25)44-35(49)28-17-27(19-31(20-28)46(37(39)40)53(6,51)52)34(48)43-23(4)26-14-11-15-29(38)18-26/h8-15,17-20,22-24,30,32,37,42H,7,16,21H2,1-6H3,(H,41,50)(H,43,48)(H,44,49)(H,45,47)/t23-,24+,30+,32+/m1/s1. The highest BCUT2D eigenvalue weighted by atomic mass is 35.5. The number of nitrogens with zero attached hydrogens (tertiary/aromatic N) is 1. The first kappa shape index (κ1) is 42.8. The summed E-state index contributed by atoms with van der Waals surface area (Å²) < 4.78 is 53.1. The van der Waals surface area contributed by atoms with Gasteiger partial charge >= 0.3 is 6.55 Å². The molecule has 0 aromatic heterocycles. The number of carbonyl (C=O) groups excluding carboxylic acids is 4. The van der Waals surface area contributed by atoms with Crippen LogP contribution < -0.4 is 30.9 Å². The van der Waals surface area contributed by atoms with Crippen molar-refractivity contribution in [3.8, 4) is 0 Å². The zero-order chi connectivity index (χ0) is 39.5. The van der Waals surface area contributed by atoms with Gasteiger partial charge in [0, 0.05) is 35.3 Å². The third kappa shape index (κ3) is 12.8. The van der Waals surface area contributed by atoms with Gasteiger partial charge in [-0.15, -0.1) is 0 Å². The van der Waals surface area contributed by atoms with Crippen molar-refractivity contribution in [2.75, 3.05) is 23.7 Å². The summed E-state index contributed by atoms with van der Waals surface area (Å²) in [6.45, 7) is 5.61. The van der Waals surface area contributed by atoms with Gasteiger partial charge in [-0.05, 0) is 74.6 Å². The number of hydrogen-bond donors (Lipinski definition) is 5. The molecule has 0 bridgehead atoms. The Hall–Kier alpha value is -4.60. The largest absolute Gasteiger partial charge is 0.355 e. The summed E-state index contributed by atoms with van der Waals surface area (Å²) in [6.07, 6.45) is 0.865. The molecule has 0 radical (unpaired) electrons. The number of rotatable bonds is 18. The topological polar surface area (TPSA) is 166 Å². The Morgan fingerprint density at radius 1 is 0.811 bits per heavy atom. The maximum Gasteiger partial charge on any atom is 0.327 e. The quantitative estimate of drug-likeness (QED) is 0.119. The van der Waals surface area contributed by atoms with Gasteiger partial charge in [-0.3, -0.25) is 19.2 Å². The molecule has 0 fully saturated rings. The average molecular weight is 777 g/mol. The van der Waals surface area contributed by atoms with Crippen LogP contribution in [0, 0.1) is 5.92 Å². The summed E-state index contributed by atoms with van der Waals surface area (Å²) in [7, 11) is -4.55. The second-order valence-corrected chi connectivity index (χ2v) is 15.3. The van der Waals surface area contributed by atoms with E-state index in [1.807, 2.05) is 44.2 Å². The molecule has 0 saturated carbocycles. The third-order valence-corrected chi connectivity index (χ3v) is 9.57. The number of carbonyl (C=O) groups is 4. The van der Waals surface area contributed by atoms with Gasteiger partial charge < -0.3 is 26.6 Å². The molecule has 4 atom stereocenters. The number of likely N-dealkylation sites (N-methyl/N-ethyl adjacent to an activating group) is 1. The first-order valence-corrected chi connectivity index (χ1v) is 19.3. The van der Waals surface area contributed by atoms with E-state index in [1.54, 1.807) is 45.0 Å². The number of hydrogen-bond acceptors (Lipinski definition) is 7. The molecular formula is C37H47ClF2N6O6S. The minimum atomic E-state index is -4.55. The van der Waals surface area contributed by atoms with Crippen LogP contribution in [0.25, 0.3) is 0 Å². The van der Waals surface area contributed by atoms with Crippen molar-refractivity contribution < 1.29 is 36.4 Å². The molecule has 53 heavy (non-hydrogen) atoms. The molecule has 0 unspecified atom stereocenters. The van der Waals surface area contributed by atoms with Gasteiger partial charge in [-0.25, -0.2) is 12.7 Å². The van der Waals surface area contributed by atoms with Crippen LogP contribution in [-0.4, -0.2) is 76.1 Å². The monoisotopic (exact) mass is 776 g/mol. The summed E-state index contributed by atoms with van der Waals surface area (Å²) in [5.41, 5.74) is 0.380. The van der Waals surface area contributed by atoms with Crippen molar-refractivity contribution in [2.45, 2.75) is 71.8 Å². The van der Waals surface area contributed by atoms with Crippen LogP contribution in [0.4, 0.5) is 14.5 Å². The molecular weight excluding hydrogens is 730 g/mol. The zero-order valence-electron chi connectivity index (χ0n) is 30.5. The molecule has 5 N–H and O–H groups in total. The van der Waals surface area contributed by atoms with Crippen LogP contribution in [0.15, 0.2) is 72.8 Å². The Morgan fingerprint density at radius 3 is 1.98 bits per heavy atom. The minimum absolute atomic E-state index is 0.0550. The predicted molar refractivity (Wildman–Crippen MR) is 201 cm³/mol. The molecule has 0 heterocycles. The highest BCUT2D eigenvalue weighted by Gasteiger charge is 2.30. The summed E-state index contributed by atoms with van der Waals surface area (Å²) in [4.78, 5) is 53.0. The number of halogens is 3. The Balaban J connectivity index is 1.93. The number of amides is 4. The lowest BCUT2D eigenvalue weighted by molar-refractivity contribution is -0.130. The molecule has 12 nitrogen and oxygen atoms in total. The molecule has 288 valence electrons. The molecule has 0 aliphatic carbocycles. The van der Waals surface area contributed by atoms with E-state index in [0.717, 1.165) is 17.7 Å². The van der Waals surface area contributed by atoms with E-state index in [2.05, 4.69) is 26.6 Å². The highest BCUT2D eigenvalue weighted by molar-refractivity contribution is 7.92. The van der Waals surface area contributed by atoms with Gasteiger partial charge in [-0.2, -0.15) is 8.78 Å². The first-order chi connectivity index (χ1) is 24.9. The second kappa shape index (κ2) is 19.5. The SMILES string of the molecule is CCNC(=O)[C@@H](NC(=O)[C@H](C)NC[C@H](Cc1ccccc1)NC(=O)c1cc(C(=O)N[C@H](C)c2cccc(Cl)c2)cc(N(C(F)F)S(C)(=O)=O)c1)C(C)C. The normalized spacial score (nSPS) is 13.8. The Bertz CT molecular complexity index is 1850. The van der Waals surface area contributed by atoms with E-state index in [4.69, 9.17) is 11.6 Å². The molecule has 0 spiro atoms.